The maximum Gasteiger partial charge on any atom is 0.209 e. The lowest BCUT2D eigenvalue weighted by Gasteiger charge is -1.93. The molecule has 14 heavy (non-hydrogen) atoms. The highest BCUT2D eigenvalue weighted by Gasteiger charge is 1.84. The number of rotatable bonds is 3. The average molecular weight is 194 g/mol. The van der Waals surface area contributed by atoms with Crippen molar-refractivity contribution in [3.05, 3.63) is 35.9 Å². The van der Waals surface area contributed by atoms with E-state index in [1.54, 1.807) is 14.1 Å². The van der Waals surface area contributed by atoms with Crippen LogP contribution in [0.1, 0.15) is 5.56 Å². The first-order valence-electron chi connectivity index (χ1n) is 4.56. The van der Waals surface area contributed by atoms with Gasteiger partial charge in [-0.3, -0.25) is 4.79 Å². The van der Waals surface area contributed by atoms with Crippen molar-refractivity contribution in [2.45, 2.75) is 6.42 Å². The van der Waals surface area contributed by atoms with E-state index in [1.807, 2.05) is 18.2 Å². The summed E-state index contributed by atoms with van der Waals surface area (Å²) in [5.41, 5.74) is 6.68. The fourth-order valence-electron chi connectivity index (χ4n) is 0.811. The molecule has 0 radical (unpaired) electrons. The van der Waals surface area contributed by atoms with E-state index >= 15 is 0 Å². The Bertz CT molecular complexity index is 234. The Morgan fingerprint density at radius 3 is 2.14 bits per heavy atom. The Balaban J connectivity index is 0.000000292. The summed E-state index contributed by atoms with van der Waals surface area (Å²) in [6.07, 6.45) is 1.74. The highest BCUT2D eigenvalue weighted by Crippen LogP contribution is 1.96. The van der Waals surface area contributed by atoms with Gasteiger partial charge in [-0.2, -0.15) is 0 Å². The van der Waals surface area contributed by atoms with E-state index in [4.69, 9.17) is 5.73 Å². The Labute approximate surface area is 85.5 Å². The first-order chi connectivity index (χ1) is 6.70. The van der Waals surface area contributed by atoms with E-state index in [1.165, 1.54) is 10.5 Å². The zero-order chi connectivity index (χ0) is 10.8. The molecule has 3 nitrogen and oxygen atoms in total. The fourth-order valence-corrected chi connectivity index (χ4v) is 0.811. The third-order valence-electron chi connectivity index (χ3n) is 1.49. The van der Waals surface area contributed by atoms with Crippen LogP contribution in [0.5, 0.6) is 0 Å². The molecule has 0 atom stereocenters. The Kier molecular flexibility index (Phi) is 7.46. The summed E-state index contributed by atoms with van der Waals surface area (Å²) in [4.78, 5) is 10.9. The monoisotopic (exact) mass is 194 g/mol. The molecule has 0 saturated heterocycles. The minimum atomic E-state index is 0.740. The van der Waals surface area contributed by atoms with Crippen molar-refractivity contribution in [3.8, 4) is 0 Å². The molecule has 1 aromatic rings. The van der Waals surface area contributed by atoms with Gasteiger partial charge in [0.25, 0.3) is 0 Å². The maximum atomic E-state index is 9.43. The molecule has 0 heterocycles. The van der Waals surface area contributed by atoms with E-state index < -0.39 is 0 Å². The van der Waals surface area contributed by atoms with Gasteiger partial charge in [-0.25, -0.2) is 0 Å². The van der Waals surface area contributed by atoms with Crippen molar-refractivity contribution in [2.24, 2.45) is 5.73 Å². The number of nitrogens with two attached hydrogens (primary N) is 1. The van der Waals surface area contributed by atoms with E-state index in [0.717, 1.165) is 19.4 Å². The molecule has 0 aliphatic carbocycles. The Hall–Kier alpha value is -1.35. The van der Waals surface area contributed by atoms with Crippen molar-refractivity contribution in [3.63, 3.8) is 0 Å². The number of hydrogen-bond donors (Lipinski definition) is 1. The van der Waals surface area contributed by atoms with Crippen molar-refractivity contribution in [1.82, 2.24) is 4.90 Å². The summed E-state index contributed by atoms with van der Waals surface area (Å²) in [5.74, 6) is 0. The molecule has 1 aromatic carbocycles. The lowest BCUT2D eigenvalue weighted by molar-refractivity contribution is -0.115. The van der Waals surface area contributed by atoms with Gasteiger partial charge in [0.2, 0.25) is 6.41 Å². The van der Waals surface area contributed by atoms with Gasteiger partial charge < -0.3 is 10.6 Å². The molecule has 0 aliphatic rings. The summed E-state index contributed by atoms with van der Waals surface area (Å²) < 4.78 is 0. The summed E-state index contributed by atoms with van der Waals surface area (Å²) >= 11 is 0. The molecule has 3 heteroatoms. The number of carbonyl (C=O) groups excluding carboxylic acids is 1. The summed E-state index contributed by atoms with van der Waals surface area (Å²) in [6.45, 7) is 0.740. The molecular formula is C11H18N2O. The van der Waals surface area contributed by atoms with Crippen LogP contribution < -0.4 is 5.73 Å². The van der Waals surface area contributed by atoms with Crippen molar-refractivity contribution in [1.29, 1.82) is 0 Å². The van der Waals surface area contributed by atoms with Gasteiger partial charge in [0.1, 0.15) is 0 Å². The molecule has 0 spiro atoms. The molecule has 2 N–H and O–H groups in total. The molecule has 1 amide bonds. The Morgan fingerprint density at radius 1 is 1.29 bits per heavy atom. The van der Waals surface area contributed by atoms with E-state index in [0.29, 0.717) is 0 Å². The topological polar surface area (TPSA) is 46.3 Å². The predicted octanol–water partition coefficient (Wildman–Crippen LogP) is 0.892. The van der Waals surface area contributed by atoms with E-state index in [-0.39, 0.29) is 0 Å². The van der Waals surface area contributed by atoms with Gasteiger partial charge in [0, 0.05) is 14.1 Å². The SMILES string of the molecule is CN(C)C=O.NCCc1ccccc1. The fraction of sp³-hybridized carbons (Fsp3) is 0.364. The van der Waals surface area contributed by atoms with Gasteiger partial charge in [0.05, 0.1) is 0 Å². The van der Waals surface area contributed by atoms with Crippen molar-refractivity contribution < 1.29 is 4.79 Å². The van der Waals surface area contributed by atoms with Crippen LogP contribution in [0, 0.1) is 0 Å². The normalized spacial score (nSPS) is 8.50. The molecule has 0 saturated carbocycles. The minimum Gasteiger partial charge on any atom is -0.351 e. The van der Waals surface area contributed by atoms with Gasteiger partial charge in [0.15, 0.2) is 0 Å². The largest absolute Gasteiger partial charge is 0.351 e. The molecule has 0 unspecified atom stereocenters. The minimum absolute atomic E-state index is 0.740. The van der Waals surface area contributed by atoms with Gasteiger partial charge in [-0.15, -0.1) is 0 Å². The second kappa shape index (κ2) is 8.26. The van der Waals surface area contributed by atoms with Gasteiger partial charge in [-0.05, 0) is 18.5 Å². The molecular weight excluding hydrogens is 176 g/mol. The van der Waals surface area contributed by atoms with E-state index in [9.17, 15) is 4.79 Å². The number of benzene rings is 1. The van der Waals surface area contributed by atoms with Crippen LogP contribution in [0.15, 0.2) is 30.3 Å². The van der Waals surface area contributed by atoms with Crippen LogP contribution in [0.2, 0.25) is 0 Å². The highest BCUT2D eigenvalue weighted by atomic mass is 16.1. The third kappa shape index (κ3) is 7.31. The highest BCUT2D eigenvalue weighted by molar-refractivity contribution is 5.45. The van der Waals surface area contributed by atoms with Gasteiger partial charge in [-0.1, -0.05) is 30.3 Å². The molecule has 0 fully saturated rings. The average Bonchev–Trinajstić information content (AvgIpc) is 2.21. The summed E-state index contributed by atoms with van der Waals surface area (Å²) in [7, 11) is 3.38. The van der Waals surface area contributed by atoms with Crippen molar-refractivity contribution >= 4 is 6.41 Å². The van der Waals surface area contributed by atoms with Crippen LogP contribution >= 0.6 is 0 Å². The first-order valence-corrected chi connectivity index (χ1v) is 4.56. The van der Waals surface area contributed by atoms with Crippen molar-refractivity contribution in [2.75, 3.05) is 20.6 Å². The van der Waals surface area contributed by atoms with E-state index in [2.05, 4.69) is 12.1 Å². The van der Waals surface area contributed by atoms with Crippen LogP contribution in [0.3, 0.4) is 0 Å². The zero-order valence-corrected chi connectivity index (χ0v) is 8.81. The van der Waals surface area contributed by atoms with Crippen LogP contribution in [-0.4, -0.2) is 32.0 Å². The second-order valence-corrected chi connectivity index (χ2v) is 3.09. The van der Waals surface area contributed by atoms with Gasteiger partial charge >= 0.3 is 0 Å². The number of hydrogen-bond acceptors (Lipinski definition) is 2. The van der Waals surface area contributed by atoms with Crippen LogP contribution in [0.4, 0.5) is 0 Å². The quantitative estimate of drug-likeness (QED) is 0.726. The van der Waals surface area contributed by atoms with Crippen LogP contribution in [0.25, 0.3) is 0 Å². The second-order valence-electron chi connectivity index (χ2n) is 3.09. The standard InChI is InChI=1S/C8H11N.C3H7NO/c9-7-6-8-4-2-1-3-5-8;1-4(2)3-5/h1-5H,6-7,9H2;3H,1-2H3. The number of carbonyl (C=O) groups is 1. The molecule has 78 valence electrons. The molecule has 0 bridgehead atoms. The maximum absolute atomic E-state index is 9.43. The first kappa shape index (κ1) is 12.7. The number of amides is 1. The molecule has 0 aliphatic heterocycles. The smallest absolute Gasteiger partial charge is 0.209 e. The van der Waals surface area contributed by atoms with Crippen LogP contribution in [-0.2, 0) is 11.2 Å². The zero-order valence-electron chi connectivity index (χ0n) is 8.81. The Morgan fingerprint density at radius 2 is 1.79 bits per heavy atom. The predicted molar refractivity (Wildman–Crippen MR) is 59.0 cm³/mol. The third-order valence-corrected chi connectivity index (χ3v) is 1.49. The molecule has 0 aromatic heterocycles. The molecule has 1 rings (SSSR count). The summed E-state index contributed by atoms with van der Waals surface area (Å²) in [6, 6.07) is 10.3. The summed E-state index contributed by atoms with van der Waals surface area (Å²) in [5, 5.41) is 0. The lowest BCUT2D eigenvalue weighted by atomic mass is 10.2. The number of nitrogens with zero attached hydrogens (tertiary/aromatic N) is 1. The lowest BCUT2D eigenvalue weighted by Crippen LogP contribution is -2.06.